The molecule has 4 nitrogen and oxygen atoms in total. The summed E-state index contributed by atoms with van der Waals surface area (Å²) >= 11 is 1.62. The van der Waals surface area contributed by atoms with E-state index < -0.39 is 15.8 Å². The number of hydrogen-bond acceptors (Lipinski definition) is 4. The highest BCUT2D eigenvalue weighted by Gasteiger charge is 2.13. The molecule has 1 aromatic heterocycles. The monoisotopic (exact) mass is 350 g/mol. The van der Waals surface area contributed by atoms with E-state index in [1.165, 1.54) is 12.1 Å². The number of sulfonamides is 1. The number of benzene rings is 2. The summed E-state index contributed by atoms with van der Waals surface area (Å²) in [4.78, 5) is 4.58. The van der Waals surface area contributed by atoms with Crippen LogP contribution in [0.4, 0.5) is 4.39 Å². The van der Waals surface area contributed by atoms with Crippen molar-refractivity contribution in [2.75, 3.05) is 6.54 Å². The van der Waals surface area contributed by atoms with Crippen LogP contribution in [0.15, 0.2) is 53.4 Å². The third-order valence-electron chi connectivity index (χ3n) is 3.32. The molecule has 0 radical (unpaired) electrons. The largest absolute Gasteiger partial charge is 0.241 e. The molecule has 0 aliphatic heterocycles. The van der Waals surface area contributed by atoms with Crippen molar-refractivity contribution in [2.45, 2.75) is 17.7 Å². The predicted molar refractivity (Wildman–Crippen MR) is 89.5 cm³/mol. The Hall–Kier alpha value is -1.83. The van der Waals surface area contributed by atoms with Gasteiger partial charge in [-0.05, 0) is 42.8 Å². The minimum Gasteiger partial charge on any atom is -0.241 e. The lowest BCUT2D eigenvalue weighted by molar-refractivity contribution is 0.578. The first-order valence-corrected chi connectivity index (χ1v) is 9.44. The van der Waals surface area contributed by atoms with Gasteiger partial charge < -0.3 is 0 Å². The Balaban J connectivity index is 1.55. The van der Waals surface area contributed by atoms with Crippen molar-refractivity contribution in [2.24, 2.45) is 0 Å². The Morgan fingerprint density at radius 3 is 2.57 bits per heavy atom. The van der Waals surface area contributed by atoms with Crippen LogP contribution in [0.3, 0.4) is 0 Å². The fraction of sp³-hybridized carbons (Fsp3) is 0.188. The van der Waals surface area contributed by atoms with Crippen molar-refractivity contribution in [3.8, 4) is 0 Å². The third kappa shape index (κ3) is 3.93. The first-order chi connectivity index (χ1) is 11.0. The number of nitrogens with zero attached hydrogens (tertiary/aromatic N) is 1. The second kappa shape index (κ2) is 6.74. The average molecular weight is 350 g/mol. The summed E-state index contributed by atoms with van der Waals surface area (Å²) in [5, 5.41) is 0.993. The van der Waals surface area contributed by atoms with E-state index in [1.807, 2.05) is 24.3 Å². The van der Waals surface area contributed by atoms with Gasteiger partial charge in [0, 0.05) is 13.0 Å². The van der Waals surface area contributed by atoms with Crippen LogP contribution >= 0.6 is 11.3 Å². The highest BCUT2D eigenvalue weighted by Crippen LogP contribution is 2.22. The molecule has 0 unspecified atom stereocenters. The normalized spacial score (nSPS) is 11.9. The van der Waals surface area contributed by atoms with Gasteiger partial charge in [0.1, 0.15) is 5.82 Å². The summed E-state index contributed by atoms with van der Waals surface area (Å²) in [7, 11) is -3.59. The first-order valence-electron chi connectivity index (χ1n) is 7.14. The van der Waals surface area contributed by atoms with Crippen molar-refractivity contribution in [3.63, 3.8) is 0 Å². The van der Waals surface area contributed by atoms with Crippen molar-refractivity contribution in [1.82, 2.24) is 9.71 Å². The molecule has 23 heavy (non-hydrogen) atoms. The quantitative estimate of drug-likeness (QED) is 0.694. The molecule has 3 aromatic rings. The molecule has 0 bridgehead atoms. The van der Waals surface area contributed by atoms with Crippen molar-refractivity contribution < 1.29 is 12.8 Å². The average Bonchev–Trinajstić information content (AvgIpc) is 2.95. The standard InChI is InChI=1S/C16H15FN2O2S2/c17-12-7-9-13(10-8-12)23(20,21)18-11-3-6-16-19-14-4-1-2-5-15(14)22-16/h1-2,4-5,7-10,18H,3,6,11H2. The highest BCUT2D eigenvalue weighted by molar-refractivity contribution is 7.89. The number of halogens is 1. The number of nitrogens with one attached hydrogen (secondary N) is 1. The Kier molecular flexibility index (Phi) is 4.70. The van der Waals surface area contributed by atoms with Gasteiger partial charge in [0.05, 0.1) is 20.1 Å². The van der Waals surface area contributed by atoms with E-state index in [-0.39, 0.29) is 4.90 Å². The molecule has 1 heterocycles. The number of aromatic nitrogens is 1. The number of para-hydroxylation sites is 1. The van der Waals surface area contributed by atoms with E-state index in [0.29, 0.717) is 19.4 Å². The predicted octanol–water partition coefficient (Wildman–Crippen LogP) is 3.35. The number of fused-ring (bicyclic) bond motifs is 1. The molecule has 0 atom stereocenters. The Bertz CT molecular complexity index is 872. The van der Waals surface area contributed by atoms with Gasteiger partial charge in [-0.2, -0.15) is 0 Å². The van der Waals surface area contributed by atoms with Crippen LogP contribution in [0.5, 0.6) is 0 Å². The second-order valence-electron chi connectivity index (χ2n) is 5.03. The number of aryl methyl sites for hydroxylation is 1. The van der Waals surface area contributed by atoms with E-state index in [9.17, 15) is 12.8 Å². The molecule has 1 N–H and O–H groups in total. The lowest BCUT2D eigenvalue weighted by atomic mass is 10.3. The molecular weight excluding hydrogens is 335 g/mol. The second-order valence-corrected chi connectivity index (χ2v) is 7.91. The number of rotatable bonds is 6. The van der Waals surface area contributed by atoms with Gasteiger partial charge in [-0.3, -0.25) is 0 Å². The Morgan fingerprint density at radius 2 is 1.83 bits per heavy atom. The number of thiazole rings is 1. The fourth-order valence-corrected chi connectivity index (χ4v) is 4.25. The molecule has 0 saturated heterocycles. The van der Waals surface area contributed by atoms with E-state index in [0.717, 1.165) is 27.4 Å². The van der Waals surface area contributed by atoms with Crippen LogP contribution in [0.25, 0.3) is 10.2 Å². The maximum Gasteiger partial charge on any atom is 0.240 e. The Morgan fingerprint density at radius 1 is 1.09 bits per heavy atom. The summed E-state index contributed by atoms with van der Waals surface area (Å²) in [5.74, 6) is -0.459. The van der Waals surface area contributed by atoms with Gasteiger partial charge in [-0.15, -0.1) is 11.3 Å². The smallest absolute Gasteiger partial charge is 0.240 e. The lowest BCUT2D eigenvalue weighted by Gasteiger charge is -2.06. The molecule has 2 aromatic carbocycles. The molecule has 7 heteroatoms. The molecule has 0 spiro atoms. The maximum absolute atomic E-state index is 12.8. The fourth-order valence-electron chi connectivity index (χ4n) is 2.17. The van der Waals surface area contributed by atoms with Crippen LogP contribution in [0.1, 0.15) is 11.4 Å². The molecule has 0 aliphatic carbocycles. The summed E-state index contributed by atoms with van der Waals surface area (Å²) in [5.41, 5.74) is 0.972. The zero-order chi connectivity index (χ0) is 16.3. The van der Waals surface area contributed by atoms with Gasteiger partial charge >= 0.3 is 0 Å². The molecule has 0 fully saturated rings. The molecule has 0 amide bonds. The molecule has 120 valence electrons. The van der Waals surface area contributed by atoms with Crippen LogP contribution in [0, 0.1) is 5.82 Å². The van der Waals surface area contributed by atoms with Gasteiger partial charge in [-0.25, -0.2) is 22.5 Å². The SMILES string of the molecule is O=S(=O)(NCCCc1nc2ccccc2s1)c1ccc(F)cc1. The van der Waals surface area contributed by atoms with E-state index in [4.69, 9.17) is 0 Å². The topological polar surface area (TPSA) is 59.1 Å². The summed E-state index contributed by atoms with van der Waals surface area (Å²) < 4.78 is 40.6. The summed E-state index contributed by atoms with van der Waals surface area (Å²) in [6, 6.07) is 12.7. The molecule has 3 rings (SSSR count). The molecule has 0 aliphatic rings. The van der Waals surface area contributed by atoms with E-state index in [1.54, 1.807) is 11.3 Å². The van der Waals surface area contributed by atoms with Crippen LogP contribution in [-0.4, -0.2) is 19.9 Å². The zero-order valence-electron chi connectivity index (χ0n) is 12.2. The Labute approximate surface area is 138 Å². The third-order valence-corrected chi connectivity index (χ3v) is 5.89. The molecular formula is C16H15FN2O2S2. The summed E-state index contributed by atoms with van der Waals surface area (Å²) in [6.45, 7) is 0.315. The van der Waals surface area contributed by atoms with Gasteiger partial charge in [-0.1, -0.05) is 12.1 Å². The van der Waals surface area contributed by atoms with Crippen LogP contribution in [0.2, 0.25) is 0 Å². The van der Waals surface area contributed by atoms with Gasteiger partial charge in [0.25, 0.3) is 0 Å². The molecule has 0 saturated carbocycles. The van der Waals surface area contributed by atoms with Crippen LogP contribution in [-0.2, 0) is 16.4 Å². The van der Waals surface area contributed by atoms with Gasteiger partial charge in [0.15, 0.2) is 0 Å². The zero-order valence-corrected chi connectivity index (χ0v) is 13.8. The van der Waals surface area contributed by atoms with Crippen molar-refractivity contribution in [3.05, 3.63) is 59.4 Å². The van der Waals surface area contributed by atoms with E-state index >= 15 is 0 Å². The highest BCUT2D eigenvalue weighted by atomic mass is 32.2. The minimum absolute atomic E-state index is 0.0684. The lowest BCUT2D eigenvalue weighted by Crippen LogP contribution is -2.25. The van der Waals surface area contributed by atoms with Gasteiger partial charge in [0.2, 0.25) is 10.0 Å². The van der Waals surface area contributed by atoms with E-state index in [2.05, 4.69) is 9.71 Å². The number of hydrogen-bond donors (Lipinski definition) is 1. The van der Waals surface area contributed by atoms with Crippen molar-refractivity contribution in [1.29, 1.82) is 0 Å². The van der Waals surface area contributed by atoms with Crippen LogP contribution < -0.4 is 4.72 Å². The maximum atomic E-state index is 12.8. The minimum atomic E-state index is -3.59. The first kappa shape index (κ1) is 16.0. The summed E-state index contributed by atoms with van der Waals surface area (Å²) in [6.07, 6.45) is 1.37. The van der Waals surface area contributed by atoms with Crippen molar-refractivity contribution >= 4 is 31.6 Å².